The van der Waals surface area contributed by atoms with Crippen LogP contribution in [0.4, 0.5) is 0 Å². The minimum Gasteiger partial charge on any atom is -0.331 e. The van der Waals surface area contributed by atoms with Crippen LogP contribution in [-0.2, 0) is 6.54 Å². The number of pyridine rings is 1. The molecule has 5 heteroatoms. The third-order valence-corrected chi connectivity index (χ3v) is 3.84. The molecule has 0 fully saturated rings. The van der Waals surface area contributed by atoms with Crippen molar-refractivity contribution >= 4 is 29.1 Å². The summed E-state index contributed by atoms with van der Waals surface area (Å²) in [6.45, 7) is 4.40. The number of carbonyl (C=O) groups is 1. The van der Waals surface area contributed by atoms with Gasteiger partial charge in [0, 0.05) is 18.8 Å². The predicted molar refractivity (Wildman–Crippen MR) is 85.7 cm³/mol. The first-order chi connectivity index (χ1) is 9.99. The lowest BCUT2D eigenvalue weighted by molar-refractivity contribution is 0.0684. The summed E-state index contributed by atoms with van der Waals surface area (Å²) in [5.74, 6) is -0.100. The quantitative estimate of drug-likeness (QED) is 0.833. The van der Waals surface area contributed by atoms with E-state index in [1.165, 1.54) is 0 Å². The zero-order valence-corrected chi connectivity index (χ0v) is 13.4. The molecule has 1 amide bonds. The van der Waals surface area contributed by atoms with Crippen molar-refractivity contribution in [1.82, 2.24) is 9.88 Å². The highest BCUT2D eigenvalue weighted by atomic mass is 35.5. The van der Waals surface area contributed by atoms with E-state index in [9.17, 15) is 4.79 Å². The number of hydrogen-bond acceptors (Lipinski definition) is 2. The Morgan fingerprint density at radius 3 is 2.52 bits per heavy atom. The maximum absolute atomic E-state index is 12.5. The van der Waals surface area contributed by atoms with Gasteiger partial charge < -0.3 is 4.90 Å². The van der Waals surface area contributed by atoms with Gasteiger partial charge in [0.25, 0.3) is 5.91 Å². The first-order valence-corrected chi connectivity index (χ1v) is 7.40. The van der Waals surface area contributed by atoms with Crippen molar-refractivity contribution in [1.29, 1.82) is 0 Å². The molecule has 1 heterocycles. The van der Waals surface area contributed by atoms with E-state index in [2.05, 4.69) is 4.98 Å². The van der Waals surface area contributed by atoms with E-state index >= 15 is 0 Å². The number of halogens is 2. The van der Waals surface area contributed by atoms with Crippen LogP contribution in [0.2, 0.25) is 10.0 Å². The number of rotatable bonds is 4. The van der Waals surface area contributed by atoms with Crippen molar-refractivity contribution in [2.45, 2.75) is 26.4 Å². The molecule has 0 atom stereocenters. The van der Waals surface area contributed by atoms with Crippen LogP contribution in [-0.4, -0.2) is 21.8 Å². The molecule has 3 nitrogen and oxygen atoms in total. The Kier molecular flexibility index (Phi) is 5.21. The molecular weight excluding hydrogens is 307 g/mol. The van der Waals surface area contributed by atoms with E-state index in [0.29, 0.717) is 22.3 Å². The summed E-state index contributed by atoms with van der Waals surface area (Å²) in [4.78, 5) is 18.4. The Morgan fingerprint density at radius 1 is 1.19 bits per heavy atom. The molecule has 0 N–H and O–H groups in total. The van der Waals surface area contributed by atoms with Crippen LogP contribution in [0.1, 0.15) is 29.9 Å². The van der Waals surface area contributed by atoms with E-state index < -0.39 is 0 Å². The molecule has 0 spiro atoms. The summed E-state index contributed by atoms with van der Waals surface area (Å²) in [5, 5.41) is 0.996. The van der Waals surface area contributed by atoms with Gasteiger partial charge in [-0.05, 0) is 43.7 Å². The molecule has 0 saturated heterocycles. The average molecular weight is 323 g/mol. The standard InChI is InChI=1S/C16H16Cl2N2O/c1-11(2)20(16(21)15-5-3-4-8-19-15)10-12-6-7-13(17)14(18)9-12/h3-9,11H,10H2,1-2H3. The smallest absolute Gasteiger partial charge is 0.272 e. The fourth-order valence-electron chi connectivity index (χ4n) is 1.96. The van der Waals surface area contributed by atoms with Gasteiger partial charge in [0.2, 0.25) is 0 Å². The van der Waals surface area contributed by atoms with Gasteiger partial charge in [-0.15, -0.1) is 0 Å². The molecule has 0 aliphatic carbocycles. The molecule has 0 bridgehead atoms. The van der Waals surface area contributed by atoms with Gasteiger partial charge >= 0.3 is 0 Å². The minimum atomic E-state index is -0.100. The van der Waals surface area contributed by atoms with E-state index in [1.807, 2.05) is 19.9 Å². The predicted octanol–water partition coefficient (Wildman–Crippen LogP) is 4.44. The second kappa shape index (κ2) is 6.92. The molecule has 0 aliphatic heterocycles. The Hall–Kier alpha value is -1.58. The molecule has 0 unspecified atom stereocenters. The molecule has 1 aromatic heterocycles. The SMILES string of the molecule is CC(C)N(Cc1ccc(Cl)c(Cl)c1)C(=O)c1ccccn1. The number of amides is 1. The van der Waals surface area contributed by atoms with E-state index in [4.69, 9.17) is 23.2 Å². The van der Waals surface area contributed by atoms with Crippen molar-refractivity contribution in [2.75, 3.05) is 0 Å². The van der Waals surface area contributed by atoms with Gasteiger partial charge in [0.1, 0.15) is 5.69 Å². The molecule has 21 heavy (non-hydrogen) atoms. The summed E-state index contributed by atoms with van der Waals surface area (Å²) in [6.07, 6.45) is 1.62. The summed E-state index contributed by atoms with van der Waals surface area (Å²) in [7, 11) is 0. The molecule has 2 aromatic rings. The van der Waals surface area contributed by atoms with Crippen LogP contribution in [0, 0.1) is 0 Å². The topological polar surface area (TPSA) is 33.2 Å². The number of carbonyl (C=O) groups excluding carboxylic acids is 1. The Labute approximate surface area is 134 Å². The second-order valence-electron chi connectivity index (χ2n) is 4.99. The Morgan fingerprint density at radius 2 is 1.95 bits per heavy atom. The van der Waals surface area contributed by atoms with Crippen molar-refractivity contribution in [3.63, 3.8) is 0 Å². The van der Waals surface area contributed by atoms with Crippen molar-refractivity contribution in [3.8, 4) is 0 Å². The third-order valence-electron chi connectivity index (χ3n) is 3.11. The zero-order chi connectivity index (χ0) is 15.4. The highest BCUT2D eigenvalue weighted by Gasteiger charge is 2.20. The maximum Gasteiger partial charge on any atom is 0.272 e. The van der Waals surface area contributed by atoms with Crippen molar-refractivity contribution < 1.29 is 4.79 Å². The van der Waals surface area contributed by atoms with Gasteiger partial charge in [-0.1, -0.05) is 35.3 Å². The highest BCUT2D eigenvalue weighted by molar-refractivity contribution is 6.42. The first-order valence-electron chi connectivity index (χ1n) is 6.65. The largest absolute Gasteiger partial charge is 0.331 e. The summed E-state index contributed by atoms with van der Waals surface area (Å²) < 4.78 is 0. The van der Waals surface area contributed by atoms with Crippen LogP contribution in [0.15, 0.2) is 42.6 Å². The summed E-state index contributed by atoms with van der Waals surface area (Å²) >= 11 is 11.9. The van der Waals surface area contributed by atoms with Crippen LogP contribution >= 0.6 is 23.2 Å². The van der Waals surface area contributed by atoms with Crippen LogP contribution in [0.25, 0.3) is 0 Å². The third kappa shape index (κ3) is 3.96. The lowest BCUT2D eigenvalue weighted by Crippen LogP contribution is -2.36. The fraction of sp³-hybridized carbons (Fsp3) is 0.250. The van der Waals surface area contributed by atoms with Gasteiger partial charge in [0.05, 0.1) is 10.0 Å². The van der Waals surface area contributed by atoms with Crippen LogP contribution in [0.5, 0.6) is 0 Å². The molecule has 0 aliphatic rings. The second-order valence-corrected chi connectivity index (χ2v) is 5.80. The number of nitrogens with zero attached hydrogens (tertiary/aromatic N) is 2. The number of hydrogen-bond donors (Lipinski definition) is 0. The minimum absolute atomic E-state index is 0.0500. The molecule has 0 saturated carbocycles. The molecule has 0 radical (unpaired) electrons. The van der Waals surface area contributed by atoms with E-state index in [1.54, 1.807) is 41.4 Å². The molecule has 110 valence electrons. The molecule has 2 rings (SSSR count). The van der Waals surface area contributed by atoms with Gasteiger partial charge in [-0.2, -0.15) is 0 Å². The lowest BCUT2D eigenvalue weighted by atomic mass is 10.1. The zero-order valence-electron chi connectivity index (χ0n) is 11.9. The van der Waals surface area contributed by atoms with Crippen LogP contribution < -0.4 is 0 Å². The maximum atomic E-state index is 12.5. The molecule has 1 aromatic carbocycles. The van der Waals surface area contributed by atoms with E-state index in [-0.39, 0.29) is 11.9 Å². The number of benzene rings is 1. The Balaban J connectivity index is 2.23. The monoisotopic (exact) mass is 322 g/mol. The highest BCUT2D eigenvalue weighted by Crippen LogP contribution is 2.24. The summed E-state index contributed by atoms with van der Waals surface area (Å²) in [6, 6.07) is 10.7. The van der Waals surface area contributed by atoms with Gasteiger partial charge in [-0.25, -0.2) is 0 Å². The van der Waals surface area contributed by atoms with Crippen molar-refractivity contribution in [2.24, 2.45) is 0 Å². The normalized spacial score (nSPS) is 10.7. The van der Waals surface area contributed by atoms with Crippen LogP contribution in [0.3, 0.4) is 0 Å². The molecular formula is C16H16Cl2N2O. The van der Waals surface area contributed by atoms with E-state index in [0.717, 1.165) is 5.56 Å². The van der Waals surface area contributed by atoms with Gasteiger partial charge in [0.15, 0.2) is 0 Å². The first kappa shape index (κ1) is 15.8. The summed E-state index contributed by atoms with van der Waals surface area (Å²) in [5.41, 5.74) is 1.37. The fourth-order valence-corrected chi connectivity index (χ4v) is 2.28. The average Bonchev–Trinajstić information content (AvgIpc) is 2.48. The number of aromatic nitrogens is 1. The lowest BCUT2D eigenvalue weighted by Gasteiger charge is -2.26. The van der Waals surface area contributed by atoms with Gasteiger partial charge in [-0.3, -0.25) is 9.78 Å². The van der Waals surface area contributed by atoms with Crippen molar-refractivity contribution in [3.05, 3.63) is 63.9 Å². The Bertz CT molecular complexity index is 629.